The van der Waals surface area contributed by atoms with Crippen molar-refractivity contribution in [3.63, 3.8) is 0 Å². The molecule has 2 aliphatic heterocycles. The van der Waals surface area contributed by atoms with E-state index in [0.717, 1.165) is 77.2 Å². The van der Waals surface area contributed by atoms with Crippen molar-refractivity contribution in [3.05, 3.63) is 23.9 Å². The number of nitrogens with zero attached hydrogens (tertiary/aromatic N) is 4. The Morgan fingerprint density at radius 1 is 0.885 bits per heavy atom. The highest BCUT2D eigenvalue weighted by molar-refractivity contribution is 5.99. The van der Waals surface area contributed by atoms with Crippen molar-refractivity contribution in [2.75, 3.05) is 44.2 Å². The van der Waals surface area contributed by atoms with Crippen molar-refractivity contribution in [2.45, 2.75) is 38.5 Å². The predicted octanol–water partition coefficient (Wildman–Crippen LogP) is 2.16. The highest BCUT2D eigenvalue weighted by Crippen LogP contribution is 2.31. The minimum Gasteiger partial charge on any atom is -0.354 e. The van der Waals surface area contributed by atoms with E-state index in [4.69, 9.17) is 0 Å². The summed E-state index contributed by atoms with van der Waals surface area (Å²) in [4.78, 5) is 36.1. The topological polar surface area (TPSA) is 56.8 Å². The number of aromatic nitrogens is 1. The third-order valence-electron chi connectivity index (χ3n) is 5.69. The number of likely N-dealkylation sites (tertiary alicyclic amines) is 1. The Morgan fingerprint density at radius 2 is 1.65 bits per heavy atom. The van der Waals surface area contributed by atoms with Gasteiger partial charge in [-0.3, -0.25) is 9.59 Å². The Hall–Kier alpha value is -2.11. The van der Waals surface area contributed by atoms with Crippen molar-refractivity contribution >= 4 is 17.6 Å². The number of amides is 2. The largest absolute Gasteiger partial charge is 0.354 e. The second-order valence-corrected chi connectivity index (χ2v) is 7.67. The number of carbonyl (C=O) groups is 2. The Balaban J connectivity index is 1.48. The second kappa shape index (κ2) is 7.64. The number of pyridine rings is 1. The van der Waals surface area contributed by atoms with Gasteiger partial charge in [-0.1, -0.05) is 0 Å². The molecule has 0 atom stereocenters. The van der Waals surface area contributed by atoms with Crippen LogP contribution in [0.4, 0.5) is 5.82 Å². The lowest BCUT2D eigenvalue weighted by Crippen LogP contribution is -2.38. The van der Waals surface area contributed by atoms with Crippen LogP contribution in [0.15, 0.2) is 18.3 Å². The lowest BCUT2D eigenvalue weighted by Gasteiger charge is -2.29. The molecule has 6 heteroatoms. The standard InChI is InChI=1S/C20H28N4O2/c25-19(16-7-8-16)24-13-5-12-22(14-15-24)18-17(6-4-9-21-18)20(26)23-10-2-1-3-11-23/h4,6,9,16H,1-3,5,7-8,10-15H2. The summed E-state index contributed by atoms with van der Waals surface area (Å²) in [5.41, 5.74) is 0.705. The molecule has 3 aliphatic rings. The Labute approximate surface area is 155 Å². The van der Waals surface area contributed by atoms with E-state index in [2.05, 4.69) is 9.88 Å². The van der Waals surface area contributed by atoms with Crippen molar-refractivity contribution in [1.29, 1.82) is 0 Å². The molecule has 1 aromatic heterocycles. The van der Waals surface area contributed by atoms with E-state index in [9.17, 15) is 9.59 Å². The third-order valence-corrected chi connectivity index (χ3v) is 5.69. The number of anilines is 1. The highest BCUT2D eigenvalue weighted by Gasteiger charge is 2.34. The maximum atomic E-state index is 13.0. The lowest BCUT2D eigenvalue weighted by atomic mass is 10.1. The van der Waals surface area contributed by atoms with Gasteiger partial charge < -0.3 is 14.7 Å². The van der Waals surface area contributed by atoms with E-state index < -0.39 is 0 Å². The summed E-state index contributed by atoms with van der Waals surface area (Å²) in [6, 6.07) is 3.75. The first-order chi connectivity index (χ1) is 12.7. The van der Waals surface area contributed by atoms with E-state index in [0.29, 0.717) is 11.5 Å². The molecule has 0 unspecified atom stereocenters. The molecule has 0 N–H and O–H groups in total. The molecule has 26 heavy (non-hydrogen) atoms. The lowest BCUT2D eigenvalue weighted by molar-refractivity contribution is -0.132. The molecule has 2 saturated heterocycles. The van der Waals surface area contributed by atoms with E-state index in [1.165, 1.54) is 6.42 Å². The molecule has 0 bridgehead atoms. The summed E-state index contributed by atoms with van der Waals surface area (Å²) in [5.74, 6) is 1.47. The van der Waals surface area contributed by atoms with Gasteiger partial charge in [0.25, 0.3) is 5.91 Å². The molecule has 0 spiro atoms. The fourth-order valence-corrected chi connectivity index (χ4v) is 4.02. The van der Waals surface area contributed by atoms with Gasteiger partial charge in [-0.25, -0.2) is 4.98 Å². The van der Waals surface area contributed by atoms with Crippen molar-refractivity contribution < 1.29 is 9.59 Å². The van der Waals surface area contributed by atoms with E-state index >= 15 is 0 Å². The highest BCUT2D eigenvalue weighted by atomic mass is 16.2. The maximum Gasteiger partial charge on any atom is 0.257 e. The molecule has 0 radical (unpaired) electrons. The average molecular weight is 356 g/mol. The van der Waals surface area contributed by atoms with Crippen LogP contribution in [-0.4, -0.2) is 65.9 Å². The van der Waals surface area contributed by atoms with E-state index in [1.807, 2.05) is 21.9 Å². The summed E-state index contributed by atoms with van der Waals surface area (Å²) in [5, 5.41) is 0. The first kappa shape index (κ1) is 17.3. The molecule has 1 aromatic rings. The van der Waals surface area contributed by atoms with Gasteiger partial charge in [-0.15, -0.1) is 0 Å². The van der Waals surface area contributed by atoms with Crippen molar-refractivity contribution in [3.8, 4) is 0 Å². The van der Waals surface area contributed by atoms with Gasteiger partial charge in [0.1, 0.15) is 5.82 Å². The zero-order chi connectivity index (χ0) is 17.9. The number of hydrogen-bond donors (Lipinski definition) is 0. The SMILES string of the molecule is O=C(c1cccnc1N1CCCN(C(=O)C2CC2)CC1)N1CCCCC1. The van der Waals surface area contributed by atoms with Gasteiger partial charge in [0.2, 0.25) is 5.91 Å². The molecule has 4 rings (SSSR count). The molecule has 0 aromatic carbocycles. The van der Waals surface area contributed by atoms with Crippen LogP contribution in [0.25, 0.3) is 0 Å². The number of piperidine rings is 1. The minimum absolute atomic E-state index is 0.1000. The molecule has 6 nitrogen and oxygen atoms in total. The molecule has 1 saturated carbocycles. The summed E-state index contributed by atoms with van der Waals surface area (Å²) in [6.45, 7) is 4.81. The monoisotopic (exact) mass is 356 g/mol. The van der Waals surface area contributed by atoms with Crippen LogP contribution in [0.3, 0.4) is 0 Å². The Kier molecular flexibility index (Phi) is 5.09. The number of rotatable bonds is 3. The summed E-state index contributed by atoms with van der Waals surface area (Å²) >= 11 is 0. The quantitative estimate of drug-likeness (QED) is 0.833. The first-order valence-corrected chi connectivity index (χ1v) is 10.0. The van der Waals surface area contributed by atoms with Gasteiger partial charge in [0.05, 0.1) is 5.56 Å². The molecule has 2 amide bonds. The molecular formula is C20H28N4O2. The summed E-state index contributed by atoms with van der Waals surface area (Å²) in [7, 11) is 0. The van der Waals surface area contributed by atoms with Crippen LogP contribution in [0.2, 0.25) is 0 Å². The van der Waals surface area contributed by atoms with Crippen LogP contribution >= 0.6 is 0 Å². The molecular weight excluding hydrogens is 328 g/mol. The van der Waals surface area contributed by atoms with Gasteiger partial charge in [-0.2, -0.15) is 0 Å². The molecule has 140 valence electrons. The van der Waals surface area contributed by atoms with Crippen LogP contribution in [0.5, 0.6) is 0 Å². The molecule has 3 heterocycles. The third kappa shape index (κ3) is 3.69. The van der Waals surface area contributed by atoms with Gasteiger partial charge in [0.15, 0.2) is 0 Å². The smallest absolute Gasteiger partial charge is 0.257 e. The van der Waals surface area contributed by atoms with Crippen LogP contribution < -0.4 is 4.90 Å². The van der Waals surface area contributed by atoms with E-state index in [1.54, 1.807) is 6.20 Å². The molecule has 3 fully saturated rings. The van der Waals surface area contributed by atoms with Crippen molar-refractivity contribution in [2.24, 2.45) is 5.92 Å². The minimum atomic E-state index is 0.1000. The van der Waals surface area contributed by atoms with Crippen molar-refractivity contribution in [1.82, 2.24) is 14.8 Å². The van der Waals surface area contributed by atoms with Gasteiger partial charge in [-0.05, 0) is 50.7 Å². The normalized spacial score (nSPS) is 21.5. The van der Waals surface area contributed by atoms with E-state index in [-0.39, 0.29) is 11.8 Å². The Bertz CT molecular complexity index is 668. The van der Waals surface area contributed by atoms with Crippen LogP contribution in [-0.2, 0) is 4.79 Å². The van der Waals surface area contributed by atoms with Crippen LogP contribution in [0.1, 0.15) is 48.9 Å². The number of hydrogen-bond acceptors (Lipinski definition) is 4. The zero-order valence-electron chi connectivity index (χ0n) is 15.4. The second-order valence-electron chi connectivity index (χ2n) is 7.67. The van der Waals surface area contributed by atoms with Gasteiger partial charge >= 0.3 is 0 Å². The fourth-order valence-electron chi connectivity index (χ4n) is 4.02. The average Bonchev–Trinajstić information content (AvgIpc) is 3.54. The number of carbonyl (C=O) groups excluding carboxylic acids is 2. The Morgan fingerprint density at radius 3 is 2.42 bits per heavy atom. The fraction of sp³-hybridized carbons (Fsp3) is 0.650. The molecule has 1 aliphatic carbocycles. The van der Waals surface area contributed by atoms with Gasteiger partial charge in [0, 0.05) is 51.4 Å². The van der Waals surface area contributed by atoms with Crippen LogP contribution in [0, 0.1) is 5.92 Å². The zero-order valence-corrected chi connectivity index (χ0v) is 15.4. The summed E-state index contributed by atoms with van der Waals surface area (Å²) < 4.78 is 0. The first-order valence-electron chi connectivity index (χ1n) is 10.0. The summed E-state index contributed by atoms with van der Waals surface area (Å²) in [6.07, 6.45) is 8.17. The maximum absolute atomic E-state index is 13.0. The predicted molar refractivity (Wildman–Crippen MR) is 100 cm³/mol.